The van der Waals surface area contributed by atoms with Gasteiger partial charge in [0.2, 0.25) is 11.8 Å². The van der Waals surface area contributed by atoms with Gasteiger partial charge in [0.15, 0.2) is 5.78 Å². The van der Waals surface area contributed by atoms with Crippen LogP contribution in [0.3, 0.4) is 0 Å². The van der Waals surface area contributed by atoms with Crippen molar-refractivity contribution in [1.29, 1.82) is 0 Å². The topological polar surface area (TPSA) is 77.9 Å². The van der Waals surface area contributed by atoms with Crippen LogP contribution in [-0.2, 0) is 20.9 Å². The van der Waals surface area contributed by atoms with E-state index in [1.54, 1.807) is 18.2 Å². The van der Waals surface area contributed by atoms with Crippen LogP contribution in [0.4, 0.5) is 5.69 Å². The molecule has 0 saturated carbocycles. The molecule has 3 aliphatic rings. The van der Waals surface area contributed by atoms with Gasteiger partial charge in [0.1, 0.15) is 5.75 Å². The largest absolute Gasteiger partial charge is 0.508 e. The van der Waals surface area contributed by atoms with Crippen molar-refractivity contribution in [3.05, 3.63) is 71.8 Å². The van der Waals surface area contributed by atoms with E-state index in [9.17, 15) is 19.5 Å². The summed E-state index contributed by atoms with van der Waals surface area (Å²) >= 11 is 0. The quantitative estimate of drug-likeness (QED) is 0.816. The summed E-state index contributed by atoms with van der Waals surface area (Å²) in [6.07, 6.45) is 3.27. The minimum Gasteiger partial charge on any atom is -0.508 e. The van der Waals surface area contributed by atoms with E-state index >= 15 is 0 Å². The Morgan fingerprint density at radius 2 is 1.72 bits per heavy atom. The number of aromatic hydroxyl groups is 1. The van der Waals surface area contributed by atoms with Crippen LogP contribution in [0.5, 0.6) is 5.75 Å². The Kier molecular flexibility index (Phi) is 3.93. The lowest BCUT2D eigenvalue weighted by Gasteiger charge is -2.33. The molecule has 3 heterocycles. The minimum atomic E-state index is -0.706. The van der Waals surface area contributed by atoms with Gasteiger partial charge in [-0.25, -0.2) is 4.90 Å². The average Bonchev–Trinajstić information content (AvgIpc) is 3.06. The first-order valence-electron chi connectivity index (χ1n) is 9.66. The lowest BCUT2D eigenvalue weighted by atomic mass is 9.90. The van der Waals surface area contributed by atoms with E-state index in [0.717, 1.165) is 16.0 Å². The van der Waals surface area contributed by atoms with Crippen molar-refractivity contribution in [1.82, 2.24) is 4.90 Å². The molecule has 2 aromatic rings. The van der Waals surface area contributed by atoms with E-state index in [1.165, 1.54) is 18.2 Å². The highest BCUT2D eigenvalue weighted by molar-refractivity contribution is 6.24. The number of phenols is 1. The summed E-state index contributed by atoms with van der Waals surface area (Å²) in [6, 6.07) is 13.2. The van der Waals surface area contributed by atoms with Crippen LogP contribution in [0.1, 0.15) is 11.1 Å². The van der Waals surface area contributed by atoms with Crippen molar-refractivity contribution in [2.75, 3.05) is 4.90 Å². The van der Waals surface area contributed by atoms with Crippen molar-refractivity contribution >= 4 is 23.3 Å². The third-order valence-corrected chi connectivity index (χ3v) is 6.13. The zero-order valence-corrected chi connectivity index (χ0v) is 15.9. The smallest absolute Gasteiger partial charge is 0.239 e. The van der Waals surface area contributed by atoms with E-state index in [2.05, 4.69) is 6.07 Å². The van der Waals surface area contributed by atoms with Crippen molar-refractivity contribution in [2.45, 2.75) is 25.6 Å². The summed E-state index contributed by atoms with van der Waals surface area (Å²) in [6.45, 7) is 2.51. The molecule has 0 aliphatic carbocycles. The Morgan fingerprint density at radius 1 is 0.966 bits per heavy atom. The van der Waals surface area contributed by atoms with Crippen LogP contribution in [-0.4, -0.2) is 39.7 Å². The molecule has 2 saturated heterocycles. The van der Waals surface area contributed by atoms with E-state index < -0.39 is 17.9 Å². The van der Waals surface area contributed by atoms with Gasteiger partial charge in [-0.2, -0.15) is 0 Å². The maximum atomic E-state index is 13.3. The number of amides is 2. The predicted molar refractivity (Wildman–Crippen MR) is 106 cm³/mol. The average molecular weight is 388 g/mol. The van der Waals surface area contributed by atoms with Gasteiger partial charge in [-0.1, -0.05) is 42.0 Å². The lowest BCUT2D eigenvalue weighted by molar-refractivity contribution is -0.129. The standard InChI is InChI=1S/C23H20N2O4/c1-13-4-2-5-14(10-13)12-24-17-8-9-18(27)21(24)20-19(17)22(28)25(23(20)29)15-6-3-7-16(26)11-15/h2-11,17,19-21,26H,12H2,1H3/t17-,19-,20-,21+/m0/s1. The first kappa shape index (κ1) is 17.8. The van der Waals surface area contributed by atoms with Gasteiger partial charge < -0.3 is 5.11 Å². The number of hydrogen-bond acceptors (Lipinski definition) is 5. The molecule has 6 nitrogen and oxygen atoms in total. The number of rotatable bonds is 3. The Balaban J connectivity index is 1.52. The highest BCUT2D eigenvalue weighted by Crippen LogP contribution is 2.47. The summed E-state index contributed by atoms with van der Waals surface area (Å²) in [4.78, 5) is 42.4. The molecule has 2 amide bonds. The second-order valence-electron chi connectivity index (χ2n) is 7.94. The zero-order chi connectivity index (χ0) is 20.3. The number of benzene rings is 2. The molecule has 146 valence electrons. The molecule has 2 aromatic carbocycles. The molecule has 0 unspecified atom stereocenters. The summed E-state index contributed by atoms with van der Waals surface area (Å²) in [5, 5.41) is 9.76. The Bertz CT molecular complexity index is 1070. The number of imide groups is 1. The number of fused-ring (bicyclic) bond motifs is 5. The SMILES string of the molecule is Cc1cccc(CN2[C@@H]3C(=O)C=C[C@H]2[C@@H]2C(=O)N(c4cccc(O)c4)C(=O)[C@@H]23)c1. The molecule has 0 spiro atoms. The van der Waals surface area contributed by atoms with Crippen LogP contribution < -0.4 is 4.90 Å². The number of aryl methyl sites for hydroxylation is 1. The fourth-order valence-corrected chi connectivity index (χ4v) is 4.98. The number of carbonyl (C=O) groups excluding carboxylic acids is 3. The first-order chi connectivity index (χ1) is 14.0. The fourth-order valence-electron chi connectivity index (χ4n) is 4.98. The van der Waals surface area contributed by atoms with E-state index in [0.29, 0.717) is 12.2 Å². The molecule has 2 bridgehead atoms. The maximum Gasteiger partial charge on any atom is 0.239 e. The van der Waals surface area contributed by atoms with Gasteiger partial charge in [0.05, 0.1) is 23.6 Å². The van der Waals surface area contributed by atoms with Gasteiger partial charge in [0.25, 0.3) is 0 Å². The number of ketones is 1. The molecule has 0 radical (unpaired) electrons. The van der Waals surface area contributed by atoms with Crippen LogP contribution in [0, 0.1) is 18.8 Å². The molecular weight excluding hydrogens is 368 g/mol. The minimum absolute atomic E-state index is 0.0163. The number of carbonyl (C=O) groups is 3. The second kappa shape index (κ2) is 6.39. The van der Waals surface area contributed by atoms with Crippen LogP contribution >= 0.6 is 0 Å². The number of hydrogen-bond donors (Lipinski definition) is 1. The Hall–Kier alpha value is -3.25. The van der Waals surface area contributed by atoms with Crippen molar-refractivity contribution in [3.8, 4) is 5.75 Å². The van der Waals surface area contributed by atoms with Crippen LogP contribution in [0.15, 0.2) is 60.7 Å². The van der Waals surface area contributed by atoms with Crippen molar-refractivity contribution < 1.29 is 19.5 Å². The summed E-state index contributed by atoms with van der Waals surface area (Å²) < 4.78 is 0. The molecule has 6 heteroatoms. The summed E-state index contributed by atoms with van der Waals surface area (Å²) in [5.74, 6) is -2.14. The van der Waals surface area contributed by atoms with Gasteiger partial charge in [-0.05, 0) is 30.7 Å². The Morgan fingerprint density at radius 3 is 2.48 bits per heavy atom. The van der Waals surface area contributed by atoms with Crippen LogP contribution in [0.25, 0.3) is 0 Å². The van der Waals surface area contributed by atoms with Gasteiger partial charge >= 0.3 is 0 Å². The molecule has 2 fully saturated rings. The van der Waals surface area contributed by atoms with Crippen molar-refractivity contribution in [3.63, 3.8) is 0 Å². The van der Waals surface area contributed by atoms with Gasteiger partial charge in [-0.15, -0.1) is 0 Å². The van der Waals surface area contributed by atoms with E-state index in [1.807, 2.05) is 30.0 Å². The highest BCUT2D eigenvalue weighted by atomic mass is 16.3. The number of phenolic OH excluding ortho intramolecular Hbond substituents is 1. The van der Waals surface area contributed by atoms with Gasteiger partial charge in [-0.3, -0.25) is 19.3 Å². The molecule has 1 N–H and O–H groups in total. The van der Waals surface area contributed by atoms with Crippen LogP contribution in [0.2, 0.25) is 0 Å². The highest BCUT2D eigenvalue weighted by Gasteiger charge is 2.64. The molecule has 4 atom stereocenters. The molecule has 5 rings (SSSR count). The van der Waals surface area contributed by atoms with Crippen molar-refractivity contribution in [2.24, 2.45) is 11.8 Å². The third kappa shape index (κ3) is 2.63. The Labute approximate surface area is 168 Å². The van der Waals surface area contributed by atoms with E-state index in [-0.39, 0.29) is 29.4 Å². The molecular formula is C23H20N2O4. The zero-order valence-electron chi connectivity index (χ0n) is 15.9. The number of nitrogens with zero attached hydrogens (tertiary/aromatic N) is 2. The predicted octanol–water partition coefficient (Wildman–Crippen LogP) is 2.20. The summed E-state index contributed by atoms with van der Waals surface area (Å²) in [7, 11) is 0. The second-order valence-corrected chi connectivity index (χ2v) is 7.94. The molecule has 3 aliphatic heterocycles. The molecule has 0 aromatic heterocycles. The van der Waals surface area contributed by atoms with Gasteiger partial charge in [0, 0.05) is 18.7 Å². The monoisotopic (exact) mass is 388 g/mol. The maximum absolute atomic E-state index is 13.3. The number of anilines is 1. The fraction of sp³-hybridized carbons (Fsp3) is 0.261. The normalized spacial score (nSPS) is 28.3. The lowest BCUT2D eigenvalue weighted by Crippen LogP contribution is -2.48. The summed E-state index contributed by atoms with van der Waals surface area (Å²) in [5.41, 5.74) is 2.51. The first-order valence-corrected chi connectivity index (χ1v) is 9.66. The third-order valence-electron chi connectivity index (χ3n) is 6.13. The molecule has 29 heavy (non-hydrogen) atoms. The van der Waals surface area contributed by atoms with E-state index in [4.69, 9.17) is 0 Å².